The third kappa shape index (κ3) is 8.28. The molecule has 0 saturated carbocycles. The molecule has 0 radical (unpaired) electrons. The van der Waals surface area contributed by atoms with Crippen molar-refractivity contribution in [3.05, 3.63) is 73.7 Å². The Labute approximate surface area is 222 Å². The van der Waals surface area contributed by atoms with Crippen LogP contribution in [-0.2, 0) is 11.0 Å². The first-order valence-corrected chi connectivity index (χ1v) is 11.3. The number of allylic oxidation sites excluding steroid dienone is 1. The summed E-state index contributed by atoms with van der Waals surface area (Å²) in [5, 5.41) is 12.2. The molecule has 0 spiro atoms. The molecule has 5 nitrogen and oxygen atoms in total. The van der Waals surface area contributed by atoms with Crippen LogP contribution in [-0.4, -0.2) is 24.2 Å². The van der Waals surface area contributed by atoms with E-state index in [1.165, 1.54) is 6.92 Å². The van der Waals surface area contributed by atoms with Gasteiger partial charge in [0, 0.05) is 0 Å². The predicted molar refractivity (Wildman–Crippen MR) is 126 cm³/mol. The largest absolute Gasteiger partial charge is 0.417 e. The van der Waals surface area contributed by atoms with Crippen molar-refractivity contribution in [3.8, 4) is 6.07 Å². The number of carbonyl (C=O) groups is 2. The van der Waals surface area contributed by atoms with Gasteiger partial charge >= 0.3 is 12.4 Å². The van der Waals surface area contributed by atoms with E-state index >= 15 is 0 Å². The summed E-state index contributed by atoms with van der Waals surface area (Å²) in [6.45, 7) is 1.27. The summed E-state index contributed by atoms with van der Waals surface area (Å²) < 4.78 is 82.2. The summed E-state index contributed by atoms with van der Waals surface area (Å²) in [4.78, 5) is 23.8. The number of halogens is 9. The van der Waals surface area contributed by atoms with Crippen LogP contribution in [0.1, 0.15) is 46.3 Å². The molecule has 198 valence electrons. The summed E-state index contributed by atoms with van der Waals surface area (Å²) in [5.41, 5.74) is -2.90. The molecule has 0 fully saturated rings. The lowest BCUT2D eigenvalue weighted by molar-refractivity contribution is -0.139. The average molecular weight is 587 g/mol. The minimum absolute atomic E-state index is 0.153. The molecule has 1 unspecified atom stereocenters. The molecule has 0 aromatic heterocycles. The fourth-order valence-corrected chi connectivity index (χ4v) is 3.76. The molecule has 2 aromatic rings. The molecular weight excluding hydrogens is 571 g/mol. The van der Waals surface area contributed by atoms with Crippen LogP contribution in [0.4, 0.5) is 26.3 Å². The van der Waals surface area contributed by atoms with Gasteiger partial charge in [0.1, 0.15) is 6.42 Å². The molecule has 0 aliphatic carbocycles. The minimum atomic E-state index is -5.04. The molecule has 0 bridgehead atoms. The van der Waals surface area contributed by atoms with Crippen LogP contribution in [0.3, 0.4) is 0 Å². The van der Waals surface area contributed by atoms with Crippen LogP contribution in [0.2, 0.25) is 15.1 Å². The van der Waals surface area contributed by atoms with Gasteiger partial charge in [-0.2, -0.15) is 31.6 Å². The number of hydrogen-bond acceptors (Lipinski definition) is 3. The Bertz CT molecular complexity index is 1230. The molecule has 0 aliphatic rings. The van der Waals surface area contributed by atoms with Crippen LogP contribution in [0.15, 0.2) is 36.4 Å². The monoisotopic (exact) mass is 585 g/mol. The molecule has 37 heavy (non-hydrogen) atoms. The SMILES string of the molecule is C[C@H](NC(=O)CC#N)NC(=O)c1ccc(/C=C/C(c2cc(Cl)c(Cl)c(Cl)c2)C(F)(F)F)cc1C(F)(F)F. The van der Waals surface area contributed by atoms with E-state index in [2.05, 4.69) is 10.6 Å². The van der Waals surface area contributed by atoms with Crippen LogP contribution < -0.4 is 10.6 Å². The van der Waals surface area contributed by atoms with E-state index in [1.54, 1.807) is 6.07 Å². The van der Waals surface area contributed by atoms with Gasteiger partial charge in [-0.05, 0) is 42.3 Å². The number of benzene rings is 2. The molecule has 2 aromatic carbocycles. The van der Waals surface area contributed by atoms with Crippen molar-refractivity contribution in [1.29, 1.82) is 5.26 Å². The predicted octanol–water partition coefficient (Wildman–Crippen LogP) is 7.13. The van der Waals surface area contributed by atoms with Gasteiger partial charge in [-0.15, -0.1) is 0 Å². The summed E-state index contributed by atoms with van der Waals surface area (Å²) in [7, 11) is 0. The van der Waals surface area contributed by atoms with E-state index in [-0.39, 0.29) is 26.2 Å². The third-order valence-corrected chi connectivity index (χ3v) is 5.95. The number of alkyl halides is 6. The number of amides is 2. The highest BCUT2D eigenvalue weighted by atomic mass is 35.5. The van der Waals surface area contributed by atoms with Gasteiger partial charge in [0.15, 0.2) is 0 Å². The normalized spacial score (nSPS) is 13.6. The highest BCUT2D eigenvalue weighted by Gasteiger charge is 2.40. The molecule has 14 heteroatoms. The Morgan fingerprint density at radius 3 is 2.14 bits per heavy atom. The Morgan fingerprint density at radius 2 is 1.62 bits per heavy atom. The maximum absolute atomic E-state index is 13.7. The summed E-state index contributed by atoms with van der Waals surface area (Å²) >= 11 is 17.4. The zero-order valence-electron chi connectivity index (χ0n) is 18.6. The van der Waals surface area contributed by atoms with Gasteiger partial charge < -0.3 is 10.6 Å². The van der Waals surface area contributed by atoms with Crippen LogP contribution >= 0.6 is 34.8 Å². The molecule has 2 rings (SSSR count). The van der Waals surface area contributed by atoms with Crippen molar-refractivity contribution in [2.75, 3.05) is 0 Å². The van der Waals surface area contributed by atoms with Gasteiger partial charge in [-0.3, -0.25) is 9.59 Å². The zero-order chi connectivity index (χ0) is 28.1. The van der Waals surface area contributed by atoms with Gasteiger partial charge in [-0.25, -0.2) is 0 Å². The summed E-state index contributed by atoms with van der Waals surface area (Å²) in [6, 6.07) is 5.79. The van der Waals surface area contributed by atoms with E-state index in [4.69, 9.17) is 40.1 Å². The number of nitriles is 1. The number of carbonyl (C=O) groups excluding carboxylic acids is 2. The van der Waals surface area contributed by atoms with Crippen molar-refractivity contribution >= 4 is 52.7 Å². The lowest BCUT2D eigenvalue weighted by Gasteiger charge is -2.19. The smallest absolute Gasteiger partial charge is 0.335 e. The van der Waals surface area contributed by atoms with E-state index < -0.39 is 53.8 Å². The standard InChI is InChI=1S/C23H16Cl3F6N3O2/c1-11(34-19(36)6-7-33)35-21(37)14-4-2-12(8-16(14)23(30,31)32)3-5-15(22(27,28)29)13-9-17(24)20(26)18(25)10-13/h2-5,8-11,15H,6H2,1H3,(H,34,36)(H,35,37)/b5-3+/t11-,15?/m1/s1. The molecule has 0 aliphatic heterocycles. The fraction of sp³-hybridized carbons (Fsp3) is 0.261. The first-order valence-electron chi connectivity index (χ1n) is 10.1. The van der Waals surface area contributed by atoms with Crippen LogP contribution in [0.5, 0.6) is 0 Å². The zero-order valence-corrected chi connectivity index (χ0v) is 20.8. The Hall–Kier alpha value is -2.94. The van der Waals surface area contributed by atoms with Crippen molar-refractivity contribution in [3.63, 3.8) is 0 Å². The quantitative estimate of drug-likeness (QED) is 0.206. The van der Waals surface area contributed by atoms with E-state index in [1.807, 2.05) is 0 Å². The van der Waals surface area contributed by atoms with E-state index in [0.717, 1.165) is 30.3 Å². The van der Waals surface area contributed by atoms with Crippen molar-refractivity contribution in [1.82, 2.24) is 10.6 Å². The van der Waals surface area contributed by atoms with E-state index in [0.29, 0.717) is 12.1 Å². The lowest BCUT2D eigenvalue weighted by atomic mass is 9.96. The van der Waals surface area contributed by atoms with E-state index in [9.17, 15) is 35.9 Å². The molecule has 2 N–H and O–H groups in total. The topological polar surface area (TPSA) is 82.0 Å². The lowest BCUT2D eigenvalue weighted by Crippen LogP contribution is -2.46. The van der Waals surface area contributed by atoms with Gasteiger partial charge in [0.25, 0.3) is 5.91 Å². The number of nitrogens with one attached hydrogen (secondary N) is 2. The second kappa shape index (κ2) is 12.1. The van der Waals surface area contributed by atoms with Crippen molar-refractivity contribution in [2.24, 2.45) is 0 Å². The number of rotatable bonds is 7. The highest BCUT2D eigenvalue weighted by molar-refractivity contribution is 6.48. The fourth-order valence-electron chi connectivity index (χ4n) is 3.14. The molecule has 0 saturated heterocycles. The molecule has 2 atom stereocenters. The molecule has 0 heterocycles. The van der Waals surface area contributed by atoms with Crippen LogP contribution in [0, 0.1) is 11.3 Å². The average Bonchev–Trinajstić information content (AvgIpc) is 2.75. The second-order valence-corrected chi connectivity index (χ2v) is 8.77. The third-order valence-electron chi connectivity index (χ3n) is 4.76. The molecule has 2 amide bonds. The van der Waals surface area contributed by atoms with Crippen molar-refractivity contribution in [2.45, 2.75) is 37.8 Å². The minimum Gasteiger partial charge on any atom is -0.335 e. The van der Waals surface area contributed by atoms with Gasteiger partial charge in [0.2, 0.25) is 5.91 Å². The highest BCUT2D eigenvalue weighted by Crippen LogP contribution is 2.41. The Balaban J connectivity index is 2.40. The van der Waals surface area contributed by atoms with Crippen molar-refractivity contribution < 1.29 is 35.9 Å². The Morgan fingerprint density at radius 1 is 1.03 bits per heavy atom. The van der Waals surface area contributed by atoms with Gasteiger partial charge in [-0.1, -0.05) is 53.0 Å². The number of hydrogen-bond donors (Lipinski definition) is 2. The number of nitrogens with zero attached hydrogens (tertiary/aromatic N) is 1. The first-order chi connectivity index (χ1) is 17.0. The summed E-state index contributed by atoms with van der Waals surface area (Å²) in [6.07, 6.45) is -10.1. The van der Waals surface area contributed by atoms with Gasteiger partial charge in [0.05, 0.1) is 44.3 Å². The molecular formula is C23H16Cl3F6N3O2. The second-order valence-electron chi connectivity index (χ2n) is 7.58. The summed E-state index contributed by atoms with van der Waals surface area (Å²) in [5.74, 6) is -4.24. The van der Waals surface area contributed by atoms with Crippen LogP contribution in [0.25, 0.3) is 6.08 Å². The first kappa shape index (κ1) is 30.3. The maximum Gasteiger partial charge on any atom is 0.417 e. The Kier molecular flexibility index (Phi) is 9.88. The maximum atomic E-state index is 13.7.